The van der Waals surface area contributed by atoms with Crippen LogP contribution in [0.15, 0.2) is 72.9 Å². The second-order valence-electron chi connectivity index (χ2n) is 5.30. The minimum atomic E-state index is 0.455. The number of benzene rings is 2. The van der Waals surface area contributed by atoms with Gasteiger partial charge in [-0.2, -0.15) is 0 Å². The van der Waals surface area contributed by atoms with Crippen LogP contribution in [0.4, 0.5) is 5.69 Å². The normalized spacial score (nSPS) is 10.2. The third kappa shape index (κ3) is 4.26. The van der Waals surface area contributed by atoms with Gasteiger partial charge in [0.2, 0.25) is 0 Å². The summed E-state index contributed by atoms with van der Waals surface area (Å²) in [6, 6.07) is 21.7. The van der Waals surface area contributed by atoms with Gasteiger partial charge in [0.05, 0.1) is 12.8 Å². The molecule has 1 aromatic heterocycles. The average Bonchev–Trinajstić information content (AvgIpc) is 2.66. The Labute approximate surface area is 142 Å². The average molecular weight is 320 g/mol. The maximum atomic E-state index is 5.93. The topological polar surface area (TPSA) is 43.4 Å². The number of aromatic nitrogens is 1. The summed E-state index contributed by atoms with van der Waals surface area (Å²) in [5.74, 6) is 1.69. The van der Waals surface area contributed by atoms with Crippen LogP contribution in [0.2, 0.25) is 0 Å². The van der Waals surface area contributed by atoms with E-state index in [4.69, 9.17) is 9.47 Å². The molecule has 1 N–H and O–H groups in total. The molecule has 0 atom stereocenters. The Bertz CT molecular complexity index is 775. The molecule has 24 heavy (non-hydrogen) atoms. The SMILES string of the molecule is COc1cccc(NCc2ccccc2OCc2ccccn2)c1. The van der Waals surface area contributed by atoms with Crippen LogP contribution in [-0.2, 0) is 13.2 Å². The first-order valence-corrected chi connectivity index (χ1v) is 7.84. The molecule has 4 heteroatoms. The molecule has 0 bridgehead atoms. The lowest BCUT2D eigenvalue weighted by molar-refractivity contribution is 0.298. The van der Waals surface area contributed by atoms with Crippen molar-refractivity contribution in [1.29, 1.82) is 0 Å². The monoisotopic (exact) mass is 320 g/mol. The van der Waals surface area contributed by atoms with Gasteiger partial charge in [0, 0.05) is 30.1 Å². The molecule has 0 fully saturated rings. The Balaban J connectivity index is 1.65. The summed E-state index contributed by atoms with van der Waals surface area (Å²) in [6.45, 7) is 1.13. The number of anilines is 1. The van der Waals surface area contributed by atoms with Crippen molar-refractivity contribution in [1.82, 2.24) is 4.98 Å². The van der Waals surface area contributed by atoms with Crippen LogP contribution in [0, 0.1) is 0 Å². The molecule has 0 aliphatic carbocycles. The largest absolute Gasteiger partial charge is 0.497 e. The van der Waals surface area contributed by atoms with Gasteiger partial charge in [-0.1, -0.05) is 30.3 Å². The quantitative estimate of drug-likeness (QED) is 0.705. The smallest absolute Gasteiger partial charge is 0.130 e. The number of para-hydroxylation sites is 1. The van der Waals surface area contributed by atoms with Crippen LogP contribution in [0.1, 0.15) is 11.3 Å². The summed E-state index contributed by atoms with van der Waals surface area (Å²) in [4.78, 5) is 4.28. The van der Waals surface area contributed by atoms with E-state index in [1.54, 1.807) is 13.3 Å². The Morgan fingerprint density at radius 2 is 1.83 bits per heavy atom. The fourth-order valence-corrected chi connectivity index (χ4v) is 2.36. The van der Waals surface area contributed by atoms with Gasteiger partial charge in [-0.3, -0.25) is 4.98 Å². The van der Waals surface area contributed by atoms with E-state index in [2.05, 4.69) is 16.4 Å². The molecule has 0 unspecified atom stereocenters. The molecule has 0 radical (unpaired) electrons. The molecular weight excluding hydrogens is 300 g/mol. The predicted molar refractivity (Wildman–Crippen MR) is 95.3 cm³/mol. The van der Waals surface area contributed by atoms with E-state index < -0.39 is 0 Å². The van der Waals surface area contributed by atoms with Crippen LogP contribution in [0.25, 0.3) is 0 Å². The summed E-state index contributed by atoms with van der Waals surface area (Å²) in [5.41, 5.74) is 3.01. The summed E-state index contributed by atoms with van der Waals surface area (Å²) in [6.07, 6.45) is 1.77. The van der Waals surface area contributed by atoms with Gasteiger partial charge in [-0.25, -0.2) is 0 Å². The van der Waals surface area contributed by atoms with E-state index in [9.17, 15) is 0 Å². The molecule has 4 nitrogen and oxygen atoms in total. The molecule has 0 saturated heterocycles. The van der Waals surface area contributed by atoms with Crippen molar-refractivity contribution in [2.45, 2.75) is 13.2 Å². The lowest BCUT2D eigenvalue weighted by Gasteiger charge is -2.13. The zero-order valence-electron chi connectivity index (χ0n) is 13.6. The van der Waals surface area contributed by atoms with Gasteiger partial charge in [-0.05, 0) is 30.3 Å². The highest BCUT2D eigenvalue weighted by molar-refractivity contribution is 5.49. The van der Waals surface area contributed by atoms with Crippen molar-refractivity contribution in [3.63, 3.8) is 0 Å². The number of pyridine rings is 1. The van der Waals surface area contributed by atoms with E-state index in [0.717, 1.165) is 28.4 Å². The Morgan fingerprint density at radius 1 is 0.958 bits per heavy atom. The fraction of sp³-hybridized carbons (Fsp3) is 0.150. The van der Waals surface area contributed by atoms with Gasteiger partial charge in [0.25, 0.3) is 0 Å². The van der Waals surface area contributed by atoms with E-state index >= 15 is 0 Å². The molecule has 0 spiro atoms. The molecule has 0 aliphatic rings. The molecular formula is C20H20N2O2. The van der Waals surface area contributed by atoms with Crippen molar-refractivity contribution in [2.24, 2.45) is 0 Å². The zero-order chi connectivity index (χ0) is 16.6. The molecule has 1 heterocycles. The minimum Gasteiger partial charge on any atom is -0.497 e. The van der Waals surface area contributed by atoms with Gasteiger partial charge in [0.1, 0.15) is 18.1 Å². The lowest BCUT2D eigenvalue weighted by atomic mass is 10.2. The number of nitrogens with zero attached hydrogens (tertiary/aromatic N) is 1. The van der Waals surface area contributed by atoms with E-state index in [1.807, 2.05) is 60.7 Å². The molecule has 3 aromatic rings. The van der Waals surface area contributed by atoms with Crippen LogP contribution >= 0.6 is 0 Å². The predicted octanol–water partition coefficient (Wildman–Crippen LogP) is 4.28. The highest BCUT2D eigenvalue weighted by Gasteiger charge is 2.04. The van der Waals surface area contributed by atoms with Crippen LogP contribution in [0.5, 0.6) is 11.5 Å². The van der Waals surface area contributed by atoms with Crippen molar-refractivity contribution in [3.05, 3.63) is 84.2 Å². The number of methoxy groups -OCH3 is 1. The summed E-state index contributed by atoms with van der Waals surface area (Å²) >= 11 is 0. The van der Waals surface area contributed by atoms with E-state index in [-0.39, 0.29) is 0 Å². The van der Waals surface area contributed by atoms with Gasteiger partial charge in [-0.15, -0.1) is 0 Å². The number of rotatable bonds is 7. The van der Waals surface area contributed by atoms with Crippen molar-refractivity contribution in [3.8, 4) is 11.5 Å². The highest BCUT2D eigenvalue weighted by Crippen LogP contribution is 2.22. The number of nitrogens with one attached hydrogen (secondary N) is 1. The number of hydrogen-bond donors (Lipinski definition) is 1. The van der Waals surface area contributed by atoms with Gasteiger partial charge >= 0.3 is 0 Å². The molecule has 0 aliphatic heterocycles. The molecule has 0 saturated carbocycles. The third-order valence-corrected chi connectivity index (χ3v) is 3.63. The number of hydrogen-bond acceptors (Lipinski definition) is 4. The zero-order valence-corrected chi connectivity index (χ0v) is 13.6. The van der Waals surface area contributed by atoms with Gasteiger partial charge < -0.3 is 14.8 Å². The van der Waals surface area contributed by atoms with E-state index in [1.165, 1.54) is 0 Å². The van der Waals surface area contributed by atoms with Crippen LogP contribution in [0.3, 0.4) is 0 Å². The molecule has 3 rings (SSSR count). The van der Waals surface area contributed by atoms with E-state index in [0.29, 0.717) is 13.2 Å². The first-order chi connectivity index (χ1) is 11.8. The second kappa shape index (κ2) is 8.02. The van der Waals surface area contributed by atoms with Crippen LogP contribution in [-0.4, -0.2) is 12.1 Å². The maximum absolute atomic E-state index is 5.93. The molecule has 2 aromatic carbocycles. The van der Waals surface area contributed by atoms with Crippen molar-refractivity contribution >= 4 is 5.69 Å². The highest BCUT2D eigenvalue weighted by atomic mass is 16.5. The van der Waals surface area contributed by atoms with Crippen molar-refractivity contribution in [2.75, 3.05) is 12.4 Å². The Hall–Kier alpha value is -3.01. The van der Waals surface area contributed by atoms with Gasteiger partial charge in [0.15, 0.2) is 0 Å². The first-order valence-electron chi connectivity index (χ1n) is 7.84. The first kappa shape index (κ1) is 15.9. The lowest BCUT2D eigenvalue weighted by Crippen LogP contribution is -2.04. The molecule has 122 valence electrons. The summed E-state index contributed by atoms with van der Waals surface area (Å²) in [7, 11) is 1.67. The van der Waals surface area contributed by atoms with Crippen molar-refractivity contribution < 1.29 is 9.47 Å². The fourth-order valence-electron chi connectivity index (χ4n) is 2.36. The minimum absolute atomic E-state index is 0.455. The number of ether oxygens (including phenoxy) is 2. The maximum Gasteiger partial charge on any atom is 0.130 e. The Morgan fingerprint density at radius 3 is 2.67 bits per heavy atom. The second-order valence-corrected chi connectivity index (χ2v) is 5.30. The van der Waals surface area contributed by atoms with Crippen LogP contribution < -0.4 is 14.8 Å². The third-order valence-electron chi connectivity index (χ3n) is 3.63. The molecule has 0 amide bonds. The summed E-state index contributed by atoms with van der Waals surface area (Å²) in [5, 5.41) is 3.40. The Kier molecular flexibility index (Phi) is 5.30. The standard InChI is InChI=1S/C20H20N2O2/c1-23-19-10-6-9-17(13-19)22-14-16-7-2-3-11-20(16)24-15-18-8-4-5-12-21-18/h2-13,22H,14-15H2,1H3. The summed E-state index contributed by atoms with van der Waals surface area (Å²) < 4.78 is 11.2.